The number of carbonyl (C=O) groups excluding carboxylic acids is 1. The topological polar surface area (TPSA) is 38.1 Å². The molecule has 126 valence electrons. The molecule has 1 saturated heterocycles. The third-order valence-corrected chi connectivity index (χ3v) is 5.28. The molecule has 1 aromatic carbocycles. The van der Waals surface area contributed by atoms with Crippen LogP contribution in [0.2, 0.25) is 0 Å². The molecule has 0 N–H and O–H groups in total. The van der Waals surface area contributed by atoms with Crippen LogP contribution in [-0.2, 0) is 12.8 Å². The van der Waals surface area contributed by atoms with E-state index in [1.165, 1.54) is 12.5 Å². The fourth-order valence-electron chi connectivity index (χ4n) is 3.97. The van der Waals surface area contributed by atoms with E-state index >= 15 is 0 Å². The maximum Gasteiger partial charge on any atom is 0.274 e. The summed E-state index contributed by atoms with van der Waals surface area (Å²) in [5.41, 5.74) is 2.97. The number of hydrogen-bond donors (Lipinski definition) is 0. The number of halogens is 1. The average Bonchev–Trinajstić information content (AvgIpc) is 3.18. The number of hydrogen-bond acceptors (Lipinski definition) is 2. The summed E-state index contributed by atoms with van der Waals surface area (Å²) in [5, 5.41) is 4.56. The Bertz CT molecular complexity index is 783. The van der Waals surface area contributed by atoms with Gasteiger partial charge >= 0.3 is 0 Å². The lowest BCUT2D eigenvalue weighted by atomic mass is 10.0. The van der Waals surface area contributed by atoms with Gasteiger partial charge in [-0.15, -0.1) is 0 Å². The Hall–Kier alpha value is -2.17. The minimum Gasteiger partial charge on any atom is -0.335 e. The lowest BCUT2D eigenvalue weighted by Gasteiger charge is -2.33. The number of nitrogens with zero attached hydrogens (tertiary/aromatic N) is 3. The molecule has 1 unspecified atom stereocenters. The van der Waals surface area contributed by atoms with Crippen LogP contribution in [0.3, 0.4) is 0 Å². The molecule has 0 saturated carbocycles. The molecule has 2 aromatic rings. The summed E-state index contributed by atoms with van der Waals surface area (Å²) in [5.74, 6) is -0.296. The standard InChI is InChI=1S/C19H22FN3O/c1-13-7-4-5-12-22(13)19(24)18-14-8-6-11-16(14)23(21-18)17-10-3-2-9-15(17)20/h2-3,9-10,13H,4-8,11-12H2,1H3. The highest BCUT2D eigenvalue weighted by Gasteiger charge is 2.32. The number of aromatic nitrogens is 2. The zero-order valence-corrected chi connectivity index (χ0v) is 14.0. The van der Waals surface area contributed by atoms with Crippen molar-refractivity contribution in [2.24, 2.45) is 0 Å². The van der Waals surface area contributed by atoms with Gasteiger partial charge in [0.25, 0.3) is 5.91 Å². The Labute approximate surface area is 141 Å². The van der Waals surface area contributed by atoms with Crippen LogP contribution in [-0.4, -0.2) is 33.2 Å². The molecule has 1 aliphatic carbocycles. The zero-order chi connectivity index (χ0) is 16.7. The number of piperidine rings is 1. The van der Waals surface area contributed by atoms with E-state index in [-0.39, 0.29) is 17.8 Å². The van der Waals surface area contributed by atoms with Crippen molar-refractivity contribution in [3.05, 3.63) is 47.0 Å². The van der Waals surface area contributed by atoms with E-state index in [1.54, 1.807) is 22.9 Å². The van der Waals surface area contributed by atoms with Crippen LogP contribution in [0.4, 0.5) is 4.39 Å². The second kappa shape index (κ2) is 6.04. The van der Waals surface area contributed by atoms with Gasteiger partial charge in [-0.25, -0.2) is 9.07 Å². The molecule has 0 bridgehead atoms. The van der Waals surface area contributed by atoms with Gasteiger partial charge in [0, 0.05) is 23.8 Å². The van der Waals surface area contributed by atoms with Gasteiger partial charge in [0.15, 0.2) is 5.69 Å². The van der Waals surface area contributed by atoms with Crippen molar-refractivity contribution in [2.75, 3.05) is 6.54 Å². The van der Waals surface area contributed by atoms with Crippen LogP contribution in [0, 0.1) is 5.82 Å². The molecular weight excluding hydrogens is 305 g/mol. The highest BCUT2D eigenvalue weighted by atomic mass is 19.1. The summed E-state index contributed by atoms with van der Waals surface area (Å²) in [6.45, 7) is 2.90. The van der Waals surface area contributed by atoms with Crippen molar-refractivity contribution in [3.63, 3.8) is 0 Å². The van der Waals surface area contributed by atoms with E-state index in [2.05, 4.69) is 12.0 Å². The van der Waals surface area contributed by atoms with Gasteiger partial charge in [-0.3, -0.25) is 4.79 Å². The van der Waals surface area contributed by atoms with Crippen molar-refractivity contribution in [3.8, 4) is 5.69 Å². The summed E-state index contributed by atoms with van der Waals surface area (Å²) in [7, 11) is 0. The monoisotopic (exact) mass is 327 g/mol. The number of fused-ring (bicyclic) bond motifs is 1. The predicted molar refractivity (Wildman–Crippen MR) is 89.9 cm³/mol. The summed E-state index contributed by atoms with van der Waals surface area (Å²) >= 11 is 0. The summed E-state index contributed by atoms with van der Waals surface area (Å²) in [6.07, 6.45) is 5.96. The van der Waals surface area contributed by atoms with Crippen molar-refractivity contribution in [1.29, 1.82) is 0 Å². The van der Waals surface area contributed by atoms with Crippen molar-refractivity contribution >= 4 is 5.91 Å². The number of likely N-dealkylation sites (tertiary alicyclic amines) is 1. The SMILES string of the molecule is CC1CCCCN1C(=O)c1nn(-c2ccccc2F)c2c1CCC2. The molecule has 1 aromatic heterocycles. The molecule has 5 heteroatoms. The van der Waals surface area contributed by atoms with Gasteiger partial charge in [-0.05, 0) is 57.6 Å². The van der Waals surface area contributed by atoms with Crippen LogP contribution >= 0.6 is 0 Å². The molecule has 0 spiro atoms. The Morgan fingerprint density at radius 2 is 2.04 bits per heavy atom. The van der Waals surface area contributed by atoms with Gasteiger partial charge in [-0.1, -0.05) is 12.1 Å². The first-order valence-corrected chi connectivity index (χ1v) is 8.83. The number of para-hydroxylation sites is 1. The molecule has 1 aliphatic heterocycles. The molecule has 2 aliphatic rings. The highest BCUT2D eigenvalue weighted by molar-refractivity contribution is 5.94. The van der Waals surface area contributed by atoms with E-state index in [1.807, 2.05) is 4.90 Å². The van der Waals surface area contributed by atoms with E-state index in [9.17, 15) is 9.18 Å². The fourth-order valence-corrected chi connectivity index (χ4v) is 3.97. The summed E-state index contributed by atoms with van der Waals surface area (Å²) in [4.78, 5) is 15.0. The molecule has 2 heterocycles. The number of carbonyl (C=O) groups is 1. The smallest absolute Gasteiger partial charge is 0.274 e. The van der Waals surface area contributed by atoms with E-state index < -0.39 is 0 Å². The molecule has 1 amide bonds. The van der Waals surface area contributed by atoms with Gasteiger partial charge in [-0.2, -0.15) is 5.10 Å². The highest BCUT2D eigenvalue weighted by Crippen LogP contribution is 2.30. The molecular formula is C19H22FN3O. The van der Waals surface area contributed by atoms with Crippen LogP contribution in [0.5, 0.6) is 0 Å². The van der Waals surface area contributed by atoms with Crippen molar-refractivity contribution in [2.45, 2.75) is 51.5 Å². The molecule has 4 rings (SSSR count). The van der Waals surface area contributed by atoms with Crippen LogP contribution in [0.1, 0.15) is 54.4 Å². The lowest BCUT2D eigenvalue weighted by Crippen LogP contribution is -2.42. The minimum absolute atomic E-state index is 0.00967. The predicted octanol–water partition coefficient (Wildman–Crippen LogP) is 3.51. The van der Waals surface area contributed by atoms with Gasteiger partial charge in [0.1, 0.15) is 11.5 Å². The third kappa shape index (κ3) is 2.43. The molecule has 24 heavy (non-hydrogen) atoms. The second-order valence-corrected chi connectivity index (χ2v) is 6.83. The number of rotatable bonds is 2. The van der Waals surface area contributed by atoms with E-state index in [0.29, 0.717) is 11.4 Å². The average molecular weight is 327 g/mol. The van der Waals surface area contributed by atoms with Crippen molar-refractivity contribution < 1.29 is 9.18 Å². The zero-order valence-electron chi connectivity index (χ0n) is 14.0. The first-order valence-electron chi connectivity index (χ1n) is 8.83. The van der Waals surface area contributed by atoms with Crippen LogP contribution in [0.25, 0.3) is 5.69 Å². The van der Waals surface area contributed by atoms with E-state index in [0.717, 1.165) is 49.9 Å². The first kappa shape index (κ1) is 15.4. The minimum atomic E-state index is -0.306. The Kier molecular flexibility index (Phi) is 3.87. The van der Waals surface area contributed by atoms with Crippen molar-refractivity contribution in [1.82, 2.24) is 14.7 Å². The Morgan fingerprint density at radius 1 is 1.21 bits per heavy atom. The van der Waals surface area contributed by atoms with Crippen LogP contribution in [0.15, 0.2) is 24.3 Å². The summed E-state index contributed by atoms with van der Waals surface area (Å²) < 4.78 is 15.9. The van der Waals surface area contributed by atoms with Gasteiger partial charge in [0.05, 0.1) is 0 Å². The number of benzene rings is 1. The second-order valence-electron chi connectivity index (χ2n) is 6.83. The summed E-state index contributed by atoms with van der Waals surface area (Å²) in [6, 6.07) is 6.88. The van der Waals surface area contributed by atoms with E-state index in [4.69, 9.17) is 0 Å². The third-order valence-electron chi connectivity index (χ3n) is 5.28. The van der Waals surface area contributed by atoms with Gasteiger partial charge < -0.3 is 4.90 Å². The number of amides is 1. The Morgan fingerprint density at radius 3 is 2.83 bits per heavy atom. The van der Waals surface area contributed by atoms with Crippen LogP contribution < -0.4 is 0 Å². The van der Waals surface area contributed by atoms with Gasteiger partial charge in [0.2, 0.25) is 0 Å². The maximum absolute atomic E-state index is 14.2. The lowest BCUT2D eigenvalue weighted by molar-refractivity contribution is 0.0628. The largest absolute Gasteiger partial charge is 0.335 e. The Balaban J connectivity index is 1.76. The normalized spacial score (nSPS) is 20.2. The molecule has 1 fully saturated rings. The first-order chi connectivity index (χ1) is 11.7. The quantitative estimate of drug-likeness (QED) is 0.846. The fraction of sp³-hybridized carbons (Fsp3) is 0.474. The molecule has 0 radical (unpaired) electrons. The maximum atomic E-state index is 14.2. The molecule has 1 atom stereocenters. The molecule has 4 nitrogen and oxygen atoms in total.